The highest BCUT2D eigenvalue weighted by Gasteiger charge is 2.11. The third kappa shape index (κ3) is 11.5. The largest absolute Gasteiger partial charge is 0.481 e. The second kappa shape index (κ2) is 14.0. The van der Waals surface area contributed by atoms with Crippen molar-refractivity contribution in [2.75, 3.05) is 6.54 Å². The highest BCUT2D eigenvalue weighted by molar-refractivity contribution is 5.80. The number of amides is 1. The molecule has 1 unspecified atom stereocenters. The van der Waals surface area contributed by atoms with Crippen molar-refractivity contribution in [3.63, 3.8) is 0 Å². The van der Waals surface area contributed by atoms with Gasteiger partial charge in [-0.2, -0.15) is 0 Å². The van der Waals surface area contributed by atoms with Crippen LogP contribution in [0.25, 0.3) is 5.57 Å². The lowest BCUT2D eigenvalue weighted by atomic mass is 10.0. The molecule has 1 amide bonds. The third-order valence-corrected chi connectivity index (χ3v) is 3.79. The van der Waals surface area contributed by atoms with Crippen LogP contribution in [0.15, 0.2) is 55.7 Å². The number of carbonyl (C=O) groups is 3. The molecule has 6 nitrogen and oxygen atoms in total. The first-order valence-electron chi connectivity index (χ1n) is 8.94. The Balaban J connectivity index is 0.000000525. The standard InChI is InChI=1S/C13H14.C9H15NO5/c1-4-6-12(5-2)13-9-7-11(3)8-10-13;1-6(9(14)15)4-5-10-7(11)2-3-8(12)13/h4-10H,1-2H2,3H3;6H,2-5H2,1H3,(H,10,11)(H,12,13)(H,14,15)/b12-6+;. The zero-order chi connectivity index (χ0) is 21.5. The number of aliphatic carboxylic acids is 2. The molecule has 6 heteroatoms. The summed E-state index contributed by atoms with van der Waals surface area (Å²) in [5.41, 5.74) is 3.56. The van der Waals surface area contributed by atoms with Gasteiger partial charge in [0.2, 0.25) is 5.91 Å². The van der Waals surface area contributed by atoms with Gasteiger partial charge in [0.25, 0.3) is 0 Å². The minimum atomic E-state index is -1.02. The zero-order valence-electron chi connectivity index (χ0n) is 16.5. The van der Waals surface area contributed by atoms with Gasteiger partial charge in [0.05, 0.1) is 12.3 Å². The van der Waals surface area contributed by atoms with E-state index in [4.69, 9.17) is 10.2 Å². The molecule has 0 saturated heterocycles. The van der Waals surface area contributed by atoms with E-state index in [-0.39, 0.29) is 25.3 Å². The Morgan fingerprint density at radius 2 is 1.71 bits per heavy atom. The normalized spacial score (nSPS) is 11.4. The van der Waals surface area contributed by atoms with Crippen LogP contribution in [0.3, 0.4) is 0 Å². The van der Waals surface area contributed by atoms with Crippen molar-refractivity contribution < 1.29 is 24.6 Å². The molecule has 0 aromatic heterocycles. The average molecular weight is 387 g/mol. The summed E-state index contributed by atoms with van der Waals surface area (Å²) in [4.78, 5) is 31.5. The van der Waals surface area contributed by atoms with Crippen LogP contribution >= 0.6 is 0 Å². The summed E-state index contributed by atoms with van der Waals surface area (Å²) in [6, 6.07) is 8.37. The molecule has 28 heavy (non-hydrogen) atoms. The van der Waals surface area contributed by atoms with E-state index in [1.165, 1.54) is 11.1 Å². The van der Waals surface area contributed by atoms with Gasteiger partial charge in [-0.1, -0.05) is 68.1 Å². The minimum absolute atomic E-state index is 0.0726. The van der Waals surface area contributed by atoms with Crippen molar-refractivity contribution in [3.05, 3.63) is 66.8 Å². The van der Waals surface area contributed by atoms with E-state index in [1.54, 1.807) is 13.0 Å². The van der Waals surface area contributed by atoms with Crippen molar-refractivity contribution in [1.82, 2.24) is 5.32 Å². The van der Waals surface area contributed by atoms with Gasteiger partial charge in [0, 0.05) is 13.0 Å². The number of nitrogens with one attached hydrogen (secondary N) is 1. The fourth-order valence-corrected chi connectivity index (χ4v) is 2.02. The van der Waals surface area contributed by atoms with Crippen molar-refractivity contribution in [3.8, 4) is 0 Å². The number of benzene rings is 1. The Morgan fingerprint density at radius 3 is 2.18 bits per heavy atom. The Bertz CT molecular complexity index is 704. The topological polar surface area (TPSA) is 104 Å². The summed E-state index contributed by atoms with van der Waals surface area (Å²) in [6.07, 6.45) is 5.63. The second-order valence-corrected chi connectivity index (χ2v) is 6.20. The fraction of sp³-hybridized carbons (Fsp3) is 0.318. The van der Waals surface area contributed by atoms with Gasteiger partial charge in [-0.15, -0.1) is 0 Å². The van der Waals surface area contributed by atoms with E-state index in [0.717, 1.165) is 5.57 Å². The molecule has 3 N–H and O–H groups in total. The van der Waals surface area contributed by atoms with Gasteiger partial charge in [0.1, 0.15) is 0 Å². The number of aryl methyl sites for hydroxylation is 1. The van der Waals surface area contributed by atoms with Crippen LogP contribution in [-0.2, 0) is 14.4 Å². The smallest absolute Gasteiger partial charge is 0.306 e. The summed E-state index contributed by atoms with van der Waals surface area (Å²) in [5.74, 6) is -2.81. The van der Waals surface area contributed by atoms with Crippen LogP contribution in [0.2, 0.25) is 0 Å². The van der Waals surface area contributed by atoms with E-state index < -0.39 is 17.9 Å². The average Bonchev–Trinajstić information content (AvgIpc) is 2.65. The Hall–Kier alpha value is -3.15. The molecule has 0 heterocycles. The molecule has 1 rings (SSSR count). The van der Waals surface area contributed by atoms with E-state index in [2.05, 4.69) is 49.7 Å². The lowest BCUT2D eigenvalue weighted by molar-refractivity contribution is -0.141. The molecule has 152 valence electrons. The molecule has 0 aliphatic carbocycles. The van der Waals surface area contributed by atoms with Crippen molar-refractivity contribution in [2.24, 2.45) is 5.92 Å². The Labute approximate surface area is 166 Å². The third-order valence-electron chi connectivity index (χ3n) is 3.79. The maximum atomic E-state index is 11.0. The number of rotatable bonds is 10. The van der Waals surface area contributed by atoms with E-state index in [0.29, 0.717) is 6.42 Å². The molecule has 0 radical (unpaired) electrons. The van der Waals surface area contributed by atoms with Crippen LogP contribution in [0.5, 0.6) is 0 Å². The first-order valence-corrected chi connectivity index (χ1v) is 8.94. The molecule has 1 aromatic carbocycles. The summed E-state index contributed by atoms with van der Waals surface area (Å²) in [6.45, 7) is 11.3. The second-order valence-electron chi connectivity index (χ2n) is 6.20. The maximum absolute atomic E-state index is 11.0. The summed E-state index contributed by atoms with van der Waals surface area (Å²) in [5, 5.41) is 19.3. The van der Waals surface area contributed by atoms with Gasteiger partial charge in [-0.05, 0) is 24.5 Å². The van der Waals surface area contributed by atoms with Gasteiger partial charge >= 0.3 is 11.9 Å². The van der Waals surface area contributed by atoms with Gasteiger partial charge < -0.3 is 15.5 Å². The summed E-state index contributed by atoms with van der Waals surface area (Å²) in [7, 11) is 0. The molecule has 1 atom stereocenters. The highest BCUT2D eigenvalue weighted by atomic mass is 16.4. The predicted octanol–water partition coefficient (Wildman–Crippen LogP) is 3.83. The van der Waals surface area contributed by atoms with Crippen LogP contribution in [0.4, 0.5) is 0 Å². The number of carboxylic acid groups (broad SMARTS) is 2. The van der Waals surface area contributed by atoms with Crippen LogP contribution in [0.1, 0.15) is 37.3 Å². The molecule has 0 saturated carbocycles. The molecule has 0 fully saturated rings. The summed E-state index contributed by atoms with van der Waals surface area (Å²) < 4.78 is 0. The van der Waals surface area contributed by atoms with Crippen LogP contribution in [0, 0.1) is 12.8 Å². The SMILES string of the molecule is C=C/C=C(\C=C)c1ccc(C)cc1.CC(CCNC(=O)CCC(=O)O)C(=O)O. The van der Waals surface area contributed by atoms with Crippen LogP contribution < -0.4 is 5.32 Å². The molecular formula is C22H29NO5. The van der Waals surface area contributed by atoms with E-state index in [1.807, 2.05) is 12.2 Å². The first kappa shape index (κ1) is 24.8. The fourth-order valence-electron chi connectivity index (χ4n) is 2.02. The lowest BCUT2D eigenvalue weighted by Crippen LogP contribution is -2.27. The summed E-state index contributed by atoms with van der Waals surface area (Å²) >= 11 is 0. The first-order chi connectivity index (χ1) is 13.2. The molecular weight excluding hydrogens is 358 g/mol. The monoisotopic (exact) mass is 387 g/mol. The highest BCUT2D eigenvalue weighted by Crippen LogP contribution is 2.15. The quantitative estimate of drug-likeness (QED) is 0.529. The van der Waals surface area contributed by atoms with Crippen molar-refractivity contribution >= 4 is 23.4 Å². The number of carboxylic acids is 2. The molecule has 0 spiro atoms. The van der Waals surface area contributed by atoms with Crippen molar-refractivity contribution in [2.45, 2.75) is 33.1 Å². The lowest BCUT2D eigenvalue weighted by Gasteiger charge is -2.06. The molecule has 0 aliphatic heterocycles. The Kier molecular flexibility index (Phi) is 12.4. The van der Waals surface area contributed by atoms with E-state index in [9.17, 15) is 14.4 Å². The van der Waals surface area contributed by atoms with Gasteiger partial charge in [-0.25, -0.2) is 0 Å². The van der Waals surface area contributed by atoms with Crippen molar-refractivity contribution in [1.29, 1.82) is 0 Å². The van der Waals surface area contributed by atoms with Gasteiger partial charge in [-0.3, -0.25) is 14.4 Å². The molecule has 0 aliphatic rings. The number of hydrogen-bond acceptors (Lipinski definition) is 3. The number of carbonyl (C=O) groups excluding carboxylic acids is 1. The zero-order valence-corrected chi connectivity index (χ0v) is 16.5. The minimum Gasteiger partial charge on any atom is -0.481 e. The Morgan fingerprint density at radius 1 is 1.11 bits per heavy atom. The van der Waals surface area contributed by atoms with Gasteiger partial charge in [0.15, 0.2) is 0 Å². The number of allylic oxidation sites excluding steroid dienone is 4. The maximum Gasteiger partial charge on any atom is 0.306 e. The van der Waals surface area contributed by atoms with E-state index >= 15 is 0 Å². The molecule has 1 aromatic rings. The predicted molar refractivity (Wildman–Crippen MR) is 111 cm³/mol. The number of hydrogen-bond donors (Lipinski definition) is 3. The van der Waals surface area contributed by atoms with Crippen LogP contribution in [-0.4, -0.2) is 34.6 Å². The molecule has 0 bridgehead atoms.